The van der Waals surface area contributed by atoms with Crippen molar-refractivity contribution in [2.45, 2.75) is 25.3 Å². The zero-order valence-corrected chi connectivity index (χ0v) is 17.1. The maximum Gasteiger partial charge on any atom is 0.257 e. The first kappa shape index (κ1) is 22.0. The monoisotopic (exact) mass is 416 g/mol. The van der Waals surface area contributed by atoms with Gasteiger partial charge in [-0.1, -0.05) is 32.0 Å². The Kier molecular flexibility index (Phi) is 7.84. The maximum atomic E-state index is 12.5. The first-order chi connectivity index (χ1) is 13.9. The van der Waals surface area contributed by atoms with Crippen molar-refractivity contribution in [1.82, 2.24) is 10.3 Å². The number of anilines is 1. The molecule has 0 radical (unpaired) electrons. The van der Waals surface area contributed by atoms with E-state index < -0.39 is 11.8 Å². The summed E-state index contributed by atoms with van der Waals surface area (Å²) in [6.45, 7) is 4.26. The first-order valence-electron chi connectivity index (χ1n) is 9.05. The fourth-order valence-corrected chi connectivity index (χ4v) is 3.34. The molecule has 2 aromatic rings. The highest BCUT2D eigenvalue weighted by Gasteiger charge is 2.26. The number of primary amides is 2. The maximum absolute atomic E-state index is 12.5. The van der Waals surface area contributed by atoms with Crippen LogP contribution in [0, 0.1) is 0 Å². The minimum Gasteiger partial charge on any atom is -0.365 e. The molecule has 0 bridgehead atoms. The van der Waals surface area contributed by atoms with E-state index in [1.807, 2.05) is 13.8 Å². The van der Waals surface area contributed by atoms with E-state index in [4.69, 9.17) is 11.5 Å². The van der Waals surface area contributed by atoms with Gasteiger partial charge in [0, 0.05) is 12.1 Å². The lowest BCUT2D eigenvalue weighted by atomic mass is 10.1. The second kappa shape index (κ2) is 10.3. The van der Waals surface area contributed by atoms with Gasteiger partial charge in [0.2, 0.25) is 5.96 Å². The number of nitrogens with two attached hydrogens (primary N) is 2. The molecule has 0 atom stereocenters. The number of aromatic amines is 1. The number of benzene rings is 1. The smallest absolute Gasteiger partial charge is 0.257 e. The SMILES string of the molecule is CCCN=C(NC(=O)c1ccccc1)Nc1[nH]c(SCC)c(C(N)=O)c1C(N)=O. The summed E-state index contributed by atoms with van der Waals surface area (Å²) in [5.74, 6) is -1.08. The first-order valence-corrected chi connectivity index (χ1v) is 10.0. The Morgan fingerprint density at radius 1 is 1.07 bits per heavy atom. The van der Waals surface area contributed by atoms with Gasteiger partial charge in [-0.25, -0.2) is 0 Å². The Bertz CT molecular complexity index is 924. The number of nitrogens with zero attached hydrogens (tertiary/aromatic N) is 1. The van der Waals surface area contributed by atoms with Crippen LogP contribution in [0.3, 0.4) is 0 Å². The fraction of sp³-hybridized carbons (Fsp3) is 0.263. The van der Waals surface area contributed by atoms with Crippen LogP contribution in [0.5, 0.6) is 0 Å². The molecule has 2 rings (SSSR count). The molecule has 9 nitrogen and oxygen atoms in total. The van der Waals surface area contributed by atoms with Crippen LogP contribution >= 0.6 is 11.8 Å². The Labute approximate surface area is 172 Å². The minimum absolute atomic E-state index is 0.0103. The zero-order valence-electron chi connectivity index (χ0n) is 16.2. The topological polar surface area (TPSA) is 155 Å². The molecule has 10 heteroatoms. The molecule has 0 saturated heterocycles. The number of nitrogens with one attached hydrogen (secondary N) is 3. The molecule has 0 aliphatic carbocycles. The summed E-state index contributed by atoms with van der Waals surface area (Å²) in [6, 6.07) is 8.62. The van der Waals surface area contributed by atoms with E-state index in [2.05, 4.69) is 20.6 Å². The van der Waals surface area contributed by atoms with Crippen LogP contribution in [-0.4, -0.2) is 41.0 Å². The highest BCUT2D eigenvalue weighted by atomic mass is 32.2. The van der Waals surface area contributed by atoms with Crippen LogP contribution in [0.15, 0.2) is 40.4 Å². The number of rotatable bonds is 8. The van der Waals surface area contributed by atoms with Gasteiger partial charge in [0.05, 0.1) is 16.2 Å². The summed E-state index contributed by atoms with van der Waals surface area (Å²) in [4.78, 5) is 43.7. The second-order valence-electron chi connectivity index (χ2n) is 5.92. The minimum atomic E-state index is -0.829. The fourth-order valence-electron chi connectivity index (χ4n) is 2.53. The van der Waals surface area contributed by atoms with Gasteiger partial charge in [0.25, 0.3) is 17.7 Å². The number of aliphatic imine (C=N–C) groups is 1. The number of hydrogen-bond donors (Lipinski definition) is 5. The predicted molar refractivity (Wildman–Crippen MR) is 114 cm³/mol. The number of carbonyl (C=O) groups is 3. The van der Waals surface area contributed by atoms with Crippen LogP contribution in [0.25, 0.3) is 0 Å². The Hall–Kier alpha value is -3.27. The van der Waals surface area contributed by atoms with Crippen molar-refractivity contribution in [3.05, 3.63) is 47.0 Å². The average molecular weight is 417 g/mol. The van der Waals surface area contributed by atoms with E-state index in [0.717, 1.165) is 6.42 Å². The van der Waals surface area contributed by atoms with Crippen molar-refractivity contribution in [3.63, 3.8) is 0 Å². The van der Waals surface area contributed by atoms with Gasteiger partial charge in [0.1, 0.15) is 5.82 Å². The van der Waals surface area contributed by atoms with Crippen molar-refractivity contribution >= 4 is 41.3 Å². The van der Waals surface area contributed by atoms with Gasteiger partial charge in [-0.15, -0.1) is 11.8 Å². The normalized spacial score (nSPS) is 11.2. The Balaban J connectivity index is 2.40. The Morgan fingerprint density at radius 3 is 2.28 bits per heavy atom. The van der Waals surface area contributed by atoms with Gasteiger partial charge >= 0.3 is 0 Å². The van der Waals surface area contributed by atoms with E-state index in [1.165, 1.54) is 11.8 Å². The molecule has 0 fully saturated rings. The molecule has 3 amide bonds. The number of amides is 3. The van der Waals surface area contributed by atoms with E-state index >= 15 is 0 Å². The summed E-state index contributed by atoms with van der Waals surface area (Å²) in [5.41, 5.74) is 11.3. The molecular formula is C19H24N6O3S. The molecule has 1 aromatic carbocycles. The highest BCUT2D eigenvalue weighted by Crippen LogP contribution is 2.30. The largest absolute Gasteiger partial charge is 0.365 e. The molecular weight excluding hydrogens is 392 g/mol. The van der Waals surface area contributed by atoms with Crippen molar-refractivity contribution in [3.8, 4) is 0 Å². The van der Waals surface area contributed by atoms with Crippen LogP contribution in [0.1, 0.15) is 51.3 Å². The summed E-state index contributed by atoms with van der Waals surface area (Å²) >= 11 is 1.31. The van der Waals surface area contributed by atoms with E-state index in [0.29, 0.717) is 22.9 Å². The van der Waals surface area contributed by atoms with Gasteiger partial charge in [0.15, 0.2) is 0 Å². The van der Waals surface area contributed by atoms with Gasteiger partial charge in [-0.05, 0) is 24.3 Å². The number of hydrogen-bond acceptors (Lipinski definition) is 5. The molecule has 0 spiro atoms. The third-order valence-corrected chi connectivity index (χ3v) is 4.64. The average Bonchev–Trinajstić information content (AvgIpc) is 3.05. The molecule has 29 heavy (non-hydrogen) atoms. The molecule has 0 aliphatic rings. The van der Waals surface area contributed by atoms with Crippen molar-refractivity contribution in [2.24, 2.45) is 16.5 Å². The summed E-state index contributed by atoms with van der Waals surface area (Å²) in [7, 11) is 0. The molecule has 1 heterocycles. The molecule has 7 N–H and O–H groups in total. The number of guanidine groups is 1. The van der Waals surface area contributed by atoms with Crippen molar-refractivity contribution in [2.75, 3.05) is 17.6 Å². The number of H-pyrrole nitrogens is 1. The quantitative estimate of drug-likeness (QED) is 0.253. The lowest BCUT2D eigenvalue weighted by Gasteiger charge is -2.12. The van der Waals surface area contributed by atoms with E-state index in [-0.39, 0.29) is 28.8 Å². The van der Waals surface area contributed by atoms with Crippen LogP contribution in [0.2, 0.25) is 0 Å². The van der Waals surface area contributed by atoms with Gasteiger partial charge < -0.3 is 21.8 Å². The molecule has 0 unspecified atom stereocenters. The van der Waals surface area contributed by atoms with Crippen LogP contribution in [-0.2, 0) is 0 Å². The van der Waals surface area contributed by atoms with Gasteiger partial charge in [-0.2, -0.15) is 0 Å². The molecule has 1 aromatic heterocycles. The highest BCUT2D eigenvalue weighted by molar-refractivity contribution is 7.99. The third-order valence-electron chi connectivity index (χ3n) is 3.75. The van der Waals surface area contributed by atoms with Crippen molar-refractivity contribution < 1.29 is 14.4 Å². The number of thioether (sulfide) groups is 1. The lowest BCUT2D eigenvalue weighted by Crippen LogP contribution is -2.37. The number of carbonyl (C=O) groups excluding carboxylic acids is 3. The third kappa shape index (κ3) is 5.61. The summed E-state index contributed by atoms with van der Waals surface area (Å²) < 4.78 is 0. The summed E-state index contributed by atoms with van der Waals surface area (Å²) in [6.07, 6.45) is 0.739. The van der Waals surface area contributed by atoms with Crippen molar-refractivity contribution in [1.29, 1.82) is 0 Å². The molecule has 0 saturated carbocycles. The van der Waals surface area contributed by atoms with E-state index in [1.54, 1.807) is 30.3 Å². The van der Waals surface area contributed by atoms with Gasteiger partial charge in [-0.3, -0.25) is 24.7 Å². The lowest BCUT2D eigenvalue weighted by molar-refractivity contribution is 0.0966. The molecule has 0 aliphatic heterocycles. The van der Waals surface area contributed by atoms with E-state index in [9.17, 15) is 14.4 Å². The summed E-state index contributed by atoms with van der Waals surface area (Å²) in [5, 5.41) is 5.97. The van der Waals surface area contributed by atoms with Crippen LogP contribution < -0.4 is 22.1 Å². The predicted octanol–water partition coefficient (Wildman–Crippen LogP) is 1.93. The second-order valence-corrected chi connectivity index (χ2v) is 7.19. The Morgan fingerprint density at radius 2 is 1.72 bits per heavy atom. The zero-order chi connectivity index (χ0) is 21.4. The molecule has 154 valence electrons. The standard InChI is InChI=1S/C19H24N6O3S/c1-3-10-22-19(25-17(28)11-8-6-5-7-9-11)24-16-12(14(20)26)13(15(21)27)18(23-16)29-4-2/h5-9,23H,3-4,10H2,1-2H3,(H2,20,26)(H2,21,27)(H2,22,24,25,28). The number of aromatic nitrogens is 1. The van der Waals surface area contributed by atoms with Crippen LogP contribution in [0.4, 0.5) is 5.82 Å².